The first-order valence-corrected chi connectivity index (χ1v) is 10.3. The minimum absolute atomic E-state index is 0.386. The van der Waals surface area contributed by atoms with Gasteiger partial charge in [0, 0.05) is 36.8 Å². The molecule has 1 aliphatic heterocycles. The zero-order valence-electron chi connectivity index (χ0n) is 17.9. The van der Waals surface area contributed by atoms with Gasteiger partial charge in [-0.1, -0.05) is 18.7 Å². The summed E-state index contributed by atoms with van der Waals surface area (Å²) in [5, 5.41) is 8.23. The molecule has 0 amide bonds. The van der Waals surface area contributed by atoms with E-state index < -0.39 is 0 Å². The van der Waals surface area contributed by atoms with Crippen molar-refractivity contribution in [3.8, 4) is 22.6 Å². The van der Waals surface area contributed by atoms with Gasteiger partial charge in [-0.3, -0.25) is 4.98 Å². The van der Waals surface area contributed by atoms with E-state index in [-0.39, 0.29) is 0 Å². The quantitative estimate of drug-likeness (QED) is 0.649. The number of hydrogen-bond donors (Lipinski definition) is 1. The number of nitrogen functional groups attached to an aromatic ring is 1. The Morgan fingerprint density at radius 2 is 1.77 bits per heavy atom. The van der Waals surface area contributed by atoms with Gasteiger partial charge >= 0.3 is 0 Å². The largest absolute Gasteiger partial charge is 0.497 e. The highest BCUT2D eigenvalue weighted by Gasteiger charge is 2.24. The van der Waals surface area contributed by atoms with Crippen LogP contribution in [0.1, 0.15) is 30.1 Å². The number of hydrogen-bond acceptors (Lipinski definition) is 7. The molecule has 0 bridgehead atoms. The first-order chi connectivity index (χ1) is 15.1. The summed E-state index contributed by atoms with van der Waals surface area (Å²) in [4.78, 5) is 6.95. The zero-order chi connectivity index (χ0) is 21.8. The van der Waals surface area contributed by atoms with E-state index in [4.69, 9.17) is 15.2 Å². The van der Waals surface area contributed by atoms with E-state index in [1.165, 1.54) is 0 Å². The van der Waals surface area contributed by atoms with E-state index in [0.717, 1.165) is 65.6 Å². The highest BCUT2D eigenvalue weighted by Crippen LogP contribution is 2.34. The van der Waals surface area contributed by atoms with Crippen molar-refractivity contribution >= 4 is 11.5 Å². The number of likely N-dealkylation sites (tertiary alicyclic amines) is 1. The molecule has 1 aliphatic rings. The molecule has 1 fully saturated rings. The van der Waals surface area contributed by atoms with E-state index in [1.54, 1.807) is 14.2 Å². The lowest BCUT2D eigenvalue weighted by atomic mass is 9.93. The maximum Gasteiger partial charge on any atom is 0.146 e. The number of anilines is 1. The number of pyridine rings is 1. The Balaban J connectivity index is 1.46. The molecule has 0 unspecified atom stereocenters. The summed E-state index contributed by atoms with van der Waals surface area (Å²) >= 11 is 0. The zero-order valence-corrected chi connectivity index (χ0v) is 17.9. The molecule has 1 aromatic carbocycles. The lowest BCUT2D eigenvalue weighted by molar-refractivity contribution is 0.295. The van der Waals surface area contributed by atoms with Gasteiger partial charge in [-0.15, -0.1) is 5.10 Å². The van der Waals surface area contributed by atoms with E-state index in [2.05, 4.69) is 26.7 Å². The molecule has 0 saturated carbocycles. The molecule has 7 heteroatoms. The first-order valence-electron chi connectivity index (χ1n) is 10.3. The van der Waals surface area contributed by atoms with Crippen LogP contribution in [-0.2, 0) is 0 Å². The summed E-state index contributed by atoms with van der Waals surface area (Å²) in [6.45, 7) is 6.08. The summed E-state index contributed by atoms with van der Waals surface area (Å²) in [6.07, 6.45) is 3.81. The SMILES string of the molecule is C=C(c1cc(OC)c(-c2ccc(OC)cc2)cn1)N1CCC(c2ccc(N)nn2)CC1. The maximum absolute atomic E-state index is 5.66. The Labute approximate surface area is 182 Å². The Morgan fingerprint density at radius 3 is 2.39 bits per heavy atom. The van der Waals surface area contributed by atoms with Gasteiger partial charge in [-0.05, 0) is 42.7 Å². The molecule has 0 radical (unpaired) electrons. The average molecular weight is 418 g/mol. The third-order valence-corrected chi connectivity index (χ3v) is 5.78. The number of nitrogens with two attached hydrogens (primary N) is 1. The minimum Gasteiger partial charge on any atom is -0.497 e. The van der Waals surface area contributed by atoms with Crippen LogP contribution in [0.5, 0.6) is 11.5 Å². The second kappa shape index (κ2) is 9.04. The van der Waals surface area contributed by atoms with E-state index >= 15 is 0 Å². The monoisotopic (exact) mass is 417 g/mol. The molecule has 2 N–H and O–H groups in total. The van der Waals surface area contributed by atoms with Gasteiger partial charge in [0.05, 0.1) is 31.3 Å². The summed E-state index contributed by atoms with van der Waals surface area (Å²) in [6, 6.07) is 13.6. The molecule has 0 atom stereocenters. The molecule has 4 rings (SSSR count). The number of ether oxygens (including phenoxy) is 2. The summed E-state index contributed by atoms with van der Waals surface area (Å²) in [5.41, 5.74) is 10.3. The smallest absolute Gasteiger partial charge is 0.146 e. The van der Waals surface area contributed by atoms with Crippen LogP contribution in [0.3, 0.4) is 0 Å². The van der Waals surface area contributed by atoms with Crippen LogP contribution < -0.4 is 15.2 Å². The van der Waals surface area contributed by atoms with Gasteiger partial charge in [0.25, 0.3) is 0 Å². The summed E-state index contributed by atoms with van der Waals surface area (Å²) < 4.78 is 10.9. The van der Waals surface area contributed by atoms with Crippen molar-refractivity contribution < 1.29 is 9.47 Å². The second-order valence-electron chi connectivity index (χ2n) is 7.59. The van der Waals surface area contributed by atoms with Gasteiger partial charge in [0.15, 0.2) is 0 Å². The molecular formula is C24H27N5O2. The average Bonchev–Trinajstić information content (AvgIpc) is 2.84. The Morgan fingerprint density at radius 1 is 1.03 bits per heavy atom. The Hall–Kier alpha value is -3.61. The molecule has 3 aromatic rings. The lowest BCUT2D eigenvalue weighted by Crippen LogP contribution is -2.32. The van der Waals surface area contributed by atoms with Crippen LogP contribution in [0.25, 0.3) is 16.8 Å². The van der Waals surface area contributed by atoms with Crippen molar-refractivity contribution in [3.05, 3.63) is 66.6 Å². The predicted octanol–water partition coefficient (Wildman–Crippen LogP) is 3.99. The second-order valence-corrected chi connectivity index (χ2v) is 7.59. The van der Waals surface area contributed by atoms with Crippen LogP contribution in [0, 0.1) is 0 Å². The highest BCUT2D eigenvalue weighted by atomic mass is 16.5. The van der Waals surface area contributed by atoms with Crippen LogP contribution in [0.2, 0.25) is 0 Å². The molecule has 1 saturated heterocycles. The number of benzene rings is 1. The third kappa shape index (κ3) is 4.45. The predicted molar refractivity (Wildman–Crippen MR) is 122 cm³/mol. The Kier molecular flexibility index (Phi) is 6.02. The minimum atomic E-state index is 0.386. The first kappa shape index (κ1) is 20.7. The van der Waals surface area contributed by atoms with Crippen LogP contribution in [-0.4, -0.2) is 47.4 Å². The van der Waals surface area contributed by atoms with E-state index in [9.17, 15) is 0 Å². The van der Waals surface area contributed by atoms with Gasteiger partial charge in [0.2, 0.25) is 0 Å². The standard InChI is InChI=1S/C24H27N5O2/c1-16(29-12-10-18(11-13-29)21-8-9-24(25)28-27-21)22-14-23(31-3)20(15-26-22)17-4-6-19(30-2)7-5-17/h4-9,14-15,18H,1,10-13H2,2-3H3,(H2,25,28). The molecule has 160 valence electrons. The highest BCUT2D eigenvalue weighted by molar-refractivity contribution is 5.73. The molecule has 0 aliphatic carbocycles. The molecule has 7 nitrogen and oxygen atoms in total. The van der Waals surface area contributed by atoms with Crippen LogP contribution >= 0.6 is 0 Å². The fraction of sp³-hybridized carbons (Fsp3) is 0.292. The van der Waals surface area contributed by atoms with E-state index in [0.29, 0.717) is 11.7 Å². The molecular weight excluding hydrogens is 390 g/mol. The fourth-order valence-electron chi connectivity index (χ4n) is 3.93. The number of methoxy groups -OCH3 is 2. The molecule has 2 aromatic heterocycles. The lowest BCUT2D eigenvalue weighted by Gasteiger charge is -2.34. The maximum atomic E-state index is 5.66. The van der Waals surface area contributed by atoms with Gasteiger partial charge in [-0.25, -0.2) is 0 Å². The van der Waals surface area contributed by atoms with Crippen molar-refractivity contribution in [2.75, 3.05) is 33.0 Å². The number of aromatic nitrogens is 3. The molecule has 31 heavy (non-hydrogen) atoms. The normalized spacial score (nSPS) is 14.3. The van der Waals surface area contributed by atoms with Gasteiger partial charge in [-0.2, -0.15) is 5.10 Å². The topological polar surface area (TPSA) is 86.4 Å². The van der Waals surface area contributed by atoms with Crippen molar-refractivity contribution in [1.82, 2.24) is 20.1 Å². The Bertz CT molecular complexity index is 1040. The van der Waals surface area contributed by atoms with Crippen molar-refractivity contribution in [1.29, 1.82) is 0 Å². The van der Waals surface area contributed by atoms with Gasteiger partial charge in [0.1, 0.15) is 17.3 Å². The fourth-order valence-corrected chi connectivity index (χ4v) is 3.93. The summed E-state index contributed by atoms with van der Waals surface area (Å²) in [7, 11) is 3.33. The van der Waals surface area contributed by atoms with Crippen molar-refractivity contribution in [2.45, 2.75) is 18.8 Å². The van der Waals surface area contributed by atoms with Crippen molar-refractivity contribution in [3.63, 3.8) is 0 Å². The summed E-state index contributed by atoms with van der Waals surface area (Å²) in [5.74, 6) is 2.42. The van der Waals surface area contributed by atoms with Gasteiger partial charge < -0.3 is 20.1 Å². The number of piperidine rings is 1. The number of rotatable bonds is 6. The third-order valence-electron chi connectivity index (χ3n) is 5.78. The van der Waals surface area contributed by atoms with Crippen molar-refractivity contribution in [2.24, 2.45) is 0 Å². The number of nitrogens with zero attached hydrogens (tertiary/aromatic N) is 4. The van der Waals surface area contributed by atoms with E-state index in [1.807, 2.05) is 48.7 Å². The molecule has 0 spiro atoms. The van der Waals surface area contributed by atoms with Crippen LogP contribution in [0.4, 0.5) is 5.82 Å². The molecule has 3 heterocycles. The van der Waals surface area contributed by atoms with Crippen LogP contribution in [0.15, 0.2) is 55.2 Å².